The third kappa shape index (κ3) is 1.94. The molecule has 1 aromatic heterocycles. The first-order valence-corrected chi connectivity index (χ1v) is 5.88. The zero-order valence-electron chi connectivity index (χ0n) is 9.62. The molecule has 0 aliphatic heterocycles. The average Bonchev–Trinajstić information content (AvgIpc) is 2.83. The van der Waals surface area contributed by atoms with Gasteiger partial charge in [0, 0.05) is 5.02 Å². The van der Waals surface area contributed by atoms with Crippen molar-refractivity contribution in [2.24, 2.45) is 0 Å². The Hall–Kier alpha value is -2.40. The van der Waals surface area contributed by atoms with E-state index in [2.05, 4.69) is 10.3 Å². The second-order valence-corrected chi connectivity index (χ2v) is 4.39. The third-order valence-corrected chi connectivity index (χ3v) is 3.02. The first-order chi connectivity index (χ1) is 9.16. The molecule has 0 aliphatic rings. The van der Waals surface area contributed by atoms with E-state index in [4.69, 9.17) is 11.6 Å². The summed E-state index contributed by atoms with van der Waals surface area (Å²) in [6, 6.07) is 11.8. The number of para-hydroxylation sites is 1. The summed E-state index contributed by atoms with van der Waals surface area (Å²) in [5.74, 6) is -1.01. The van der Waals surface area contributed by atoms with E-state index in [1.54, 1.807) is 36.4 Å². The highest BCUT2D eigenvalue weighted by Crippen LogP contribution is 2.21. The zero-order valence-corrected chi connectivity index (χ0v) is 10.4. The van der Waals surface area contributed by atoms with Gasteiger partial charge in [0.05, 0.1) is 11.3 Å². The van der Waals surface area contributed by atoms with E-state index in [0.29, 0.717) is 21.7 Å². The number of hydrogen-bond donors (Lipinski definition) is 1. The van der Waals surface area contributed by atoms with Gasteiger partial charge < -0.3 is 5.11 Å². The van der Waals surface area contributed by atoms with Crippen LogP contribution in [-0.4, -0.2) is 26.1 Å². The topological polar surface area (TPSA) is 68.0 Å². The fourth-order valence-corrected chi connectivity index (χ4v) is 2.03. The standard InChI is InChI=1S/C13H8ClN3O2/c14-8-4-6-9(7-5-8)17-12-10(13(18)19)2-1-3-11(12)15-16-17/h1-7H,(H,18,19). The van der Waals surface area contributed by atoms with Crippen LogP contribution in [0.4, 0.5) is 0 Å². The predicted molar refractivity (Wildman–Crippen MR) is 70.8 cm³/mol. The molecule has 0 amide bonds. The van der Waals surface area contributed by atoms with Gasteiger partial charge in [-0.2, -0.15) is 0 Å². The van der Waals surface area contributed by atoms with Crippen LogP contribution in [0.3, 0.4) is 0 Å². The second-order valence-electron chi connectivity index (χ2n) is 3.96. The van der Waals surface area contributed by atoms with Crippen molar-refractivity contribution >= 4 is 28.6 Å². The van der Waals surface area contributed by atoms with Gasteiger partial charge in [-0.25, -0.2) is 9.48 Å². The van der Waals surface area contributed by atoms with Crippen LogP contribution in [0, 0.1) is 0 Å². The van der Waals surface area contributed by atoms with Crippen molar-refractivity contribution in [3.8, 4) is 5.69 Å². The molecule has 0 aliphatic carbocycles. The van der Waals surface area contributed by atoms with Crippen molar-refractivity contribution in [2.75, 3.05) is 0 Å². The lowest BCUT2D eigenvalue weighted by Crippen LogP contribution is -2.03. The van der Waals surface area contributed by atoms with Gasteiger partial charge in [0.2, 0.25) is 0 Å². The van der Waals surface area contributed by atoms with Crippen LogP contribution in [-0.2, 0) is 0 Å². The normalized spacial score (nSPS) is 10.8. The third-order valence-electron chi connectivity index (χ3n) is 2.77. The number of aromatic nitrogens is 3. The summed E-state index contributed by atoms with van der Waals surface area (Å²) in [6.45, 7) is 0. The van der Waals surface area contributed by atoms with Crippen molar-refractivity contribution in [1.29, 1.82) is 0 Å². The smallest absolute Gasteiger partial charge is 0.337 e. The molecule has 0 radical (unpaired) electrons. The summed E-state index contributed by atoms with van der Waals surface area (Å²) < 4.78 is 1.50. The SMILES string of the molecule is O=C(O)c1cccc2nnn(-c3ccc(Cl)cc3)c12. The van der Waals surface area contributed by atoms with Crippen LogP contribution >= 0.6 is 11.6 Å². The number of nitrogens with zero attached hydrogens (tertiary/aromatic N) is 3. The number of halogens is 1. The molecule has 3 aromatic rings. The lowest BCUT2D eigenvalue weighted by atomic mass is 10.2. The summed E-state index contributed by atoms with van der Waals surface area (Å²) >= 11 is 5.83. The fourth-order valence-electron chi connectivity index (χ4n) is 1.91. The highest BCUT2D eigenvalue weighted by atomic mass is 35.5. The molecule has 94 valence electrons. The molecule has 6 heteroatoms. The molecule has 0 bridgehead atoms. The quantitative estimate of drug-likeness (QED) is 0.779. The minimum Gasteiger partial charge on any atom is -0.478 e. The lowest BCUT2D eigenvalue weighted by Gasteiger charge is -2.04. The highest BCUT2D eigenvalue weighted by Gasteiger charge is 2.15. The summed E-state index contributed by atoms with van der Waals surface area (Å²) in [5.41, 5.74) is 1.88. The largest absolute Gasteiger partial charge is 0.478 e. The summed E-state index contributed by atoms with van der Waals surface area (Å²) in [5, 5.41) is 17.8. The number of aromatic carboxylic acids is 1. The van der Waals surface area contributed by atoms with E-state index < -0.39 is 5.97 Å². The van der Waals surface area contributed by atoms with Gasteiger partial charge in [0.1, 0.15) is 11.0 Å². The van der Waals surface area contributed by atoms with Crippen molar-refractivity contribution in [3.05, 3.63) is 53.1 Å². The van der Waals surface area contributed by atoms with Gasteiger partial charge in [-0.15, -0.1) is 5.10 Å². The highest BCUT2D eigenvalue weighted by molar-refractivity contribution is 6.30. The molecular weight excluding hydrogens is 266 g/mol. The Morgan fingerprint density at radius 2 is 1.89 bits per heavy atom. The molecule has 2 aromatic carbocycles. The Labute approximate surface area is 113 Å². The van der Waals surface area contributed by atoms with Gasteiger partial charge in [0.25, 0.3) is 0 Å². The van der Waals surface area contributed by atoms with Gasteiger partial charge in [0.15, 0.2) is 0 Å². The Morgan fingerprint density at radius 3 is 2.58 bits per heavy atom. The first-order valence-electron chi connectivity index (χ1n) is 5.50. The maximum Gasteiger partial charge on any atom is 0.337 e. The maximum atomic E-state index is 11.3. The van der Waals surface area contributed by atoms with Crippen LogP contribution in [0.2, 0.25) is 5.02 Å². The van der Waals surface area contributed by atoms with Gasteiger partial charge in [-0.1, -0.05) is 22.9 Å². The minimum atomic E-state index is -1.01. The van der Waals surface area contributed by atoms with Crippen molar-refractivity contribution in [3.63, 3.8) is 0 Å². The van der Waals surface area contributed by atoms with Crippen LogP contribution < -0.4 is 0 Å². The molecule has 1 N–H and O–H groups in total. The van der Waals surface area contributed by atoms with Crippen LogP contribution in [0.25, 0.3) is 16.7 Å². The number of fused-ring (bicyclic) bond motifs is 1. The molecule has 0 fully saturated rings. The van der Waals surface area contributed by atoms with E-state index in [1.807, 2.05) is 0 Å². The predicted octanol–water partition coefficient (Wildman–Crippen LogP) is 2.77. The second kappa shape index (κ2) is 4.37. The summed E-state index contributed by atoms with van der Waals surface area (Å²) in [7, 11) is 0. The number of hydrogen-bond acceptors (Lipinski definition) is 3. The summed E-state index contributed by atoms with van der Waals surface area (Å²) in [4.78, 5) is 11.3. The zero-order chi connectivity index (χ0) is 13.4. The maximum absolute atomic E-state index is 11.3. The van der Waals surface area contributed by atoms with Gasteiger partial charge in [-0.05, 0) is 36.4 Å². The Bertz CT molecular complexity index is 765. The molecule has 0 saturated carbocycles. The lowest BCUT2D eigenvalue weighted by molar-refractivity contribution is 0.0698. The number of carboxylic acid groups (broad SMARTS) is 1. The monoisotopic (exact) mass is 273 g/mol. The molecule has 0 spiro atoms. The van der Waals surface area contributed by atoms with Crippen molar-refractivity contribution < 1.29 is 9.90 Å². The molecular formula is C13H8ClN3O2. The molecule has 0 saturated heterocycles. The van der Waals surface area contributed by atoms with Crippen LogP contribution in [0.1, 0.15) is 10.4 Å². The molecule has 5 nitrogen and oxygen atoms in total. The molecule has 0 atom stereocenters. The fraction of sp³-hybridized carbons (Fsp3) is 0. The average molecular weight is 274 g/mol. The summed E-state index contributed by atoms with van der Waals surface area (Å²) in [6.07, 6.45) is 0. The molecule has 3 rings (SSSR count). The van der Waals surface area contributed by atoms with Gasteiger partial charge >= 0.3 is 5.97 Å². The van der Waals surface area contributed by atoms with Crippen LogP contribution in [0.5, 0.6) is 0 Å². The van der Waals surface area contributed by atoms with Crippen molar-refractivity contribution in [1.82, 2.24) is 15.0 Å². The van der Waals surface area contributed by atoms with E-state index >= 15 is 0 Å². The molecule has 0 unspecified atom stereocenters. The van der Waals surface area contributed by atoms with E-state index in [1.165, 1.54) is 10.7 Å². The van der Waals surface area contributed by atoms with Crippen molar-refractivity contribution in [2.45, 2.75) is 0 Å². The molecule has 19 heavy (non-hydrogen) atoms. The number of carboxylic acids is 1. The number of benzene rings is 2. The Kier molecular flexibility index (Phi) is 2.68. The Balaban J connectivity index is 2.30. The van der Waals surface area contributed by atoms with E-state index in [0.717, 1.165) is 0 Å². The van der Waals surface area contributed by atoms with E-state index in [-0.39, 0.29) is 5.56 Å². The minimum absolute atomic E-state index is 0.164. The number of rotatable bonds is 2. The number of carbonyl (C=O) groups is 1. The van der Waals surface area contributed by atoms with E-state index in [9.17, 15) is 9.90 Å². The molecule has 1 heterocycles. The van der Waals surface area contributed by atoms with Crippen LogP contribution in [0.15, 0.2) is 42.5 Å². The Morgan fingerprint density at radius 1 is 1.16 bits per heavy atom. The van der Waals surface area contributed by atoms with Gasteiger partial charge in [-0.3, -0.25) is 0 Å². The first kappa shape index (κ1) is 11.7.